The molecule has 0 aliphatic rings. The molecule has 0 radical (unpaired) electrons. The zero-order chi connectivity index (χ0) is 11.5. The van der Waals surface area contributed by atoms with Crippen molar-refractivity contribution >= 4 is 11.5 Å². The smallest absolute Gasteiger partial charge is 0.215 e. The molecule has 80 valence electrons. The van der Waals surface area contributed by atoms with Crippen LogP contribution < -0.4 is 5.73 Å². The summed E-state index contributed by atoms with van der Waals surface area (Å²) in [4.78, 5) is 23.9. The van der Waals surface area contributed by atoms with Crippen LogP contribution in [0.25, 0.3) is 0 Å². The maximum absolute atomic E-state index is 12.0. The van der Waals surface area contributed by atoms with Crippen LogP contribution in [0.3, 0.4) is 0 Å². The first kappa shape index (κ1) is 10.2. The number of pyridine rings is 1. The van der Waals surface area contributed by atoms with Gasteiger partial charge in [-0.25, -0.2) is 9.97 Å². The van der Waals surface area contributed by atoms with Gasteiger partial charge in [0.15, 0.2) is 0 Å². The van der Waals surface area contributed by atoms with Crippen molar-refractivity contribution in [2.45, 2.75) is 6.92 Å². The van der Waals surface area contributed by atoms with Gasteiger partial charge in [-0.2, -0.15) is 0 Å². The van der Waals surface area contributed by atoms with E-state index in [0.29, 0.717) is 22.8 Å². The molecule has 0 saturated heterocycles. The van der Waals surface area contributed by atoms with E-state index in [1.54, 1.807) is 25.3 Å². The molecule has 0 spiro atoms. The molecule has 16 heavy (non-hydrogen) atoms. The summed E-state index contributed by atoms with van der Waals surface area (Å²) in [7, 11) is 0. The van der Waals surface area contributed by atoms with Crippen molar-refractivity contribution < 1.29 is 4.79 Å². The van der Waals surface area contributed by atoms with Crippen molar-refractivity contribution in [3.63, 3.8) is 0 Å². The molecule has 0 unspecified atom stereocenters. The van der Waals surface area contributed by atoms with Gasteiger partial charge in [-0.15, -0.1) is 0 Å². The van der Waals surface area contributed by atoms with Crippen molar-refractivity contribution in [1.29, 1.82) is 0 Å². The van der Waals surface area contributed by atoms with Gasteiger partial charge in [-0.1, -0.05) is 0 Å². The van der Waals surface area contributed by atoms with E-state index in [-0.39, 0.29) is 5.78 Å². The highest BCUT2D eigenvalue weighted by atomic mass is 16.1. The Morgan fingerprint density at radius 3 is 2.81 bits per heavy atom. The number of aromatic nitrogens is 3. The molecule has 0 fully saturated rings. The number of nitrogen functional groups attached to an aromatic ring is 1. The quantitative estimate of drug-likeness (QED) is 0.754. The van der Waals surface area contributed by atoms with Gasteiger partial charge in [0.25, 0.3) is 0 Å². The van der Waals surface area contributed by atoms with E-state index >= 15 is 0 Å². The number of nitrogens with two attached hydrogens (primary N) is 1. The van der Waals surface area contributed by atoms with Crippen molar-refractivity contribution in [3.05, 3.63) is 47.8 Å². The van der Waals surface area contributed by atoms with Crippen molar-refractivity contribution in [2.75, 3.05) is 5.73 Å². The van der Waals surface area contributed by atoms with Gasteiger partial charge in [0, 0.05) is 24.3 Å². The number of aryl methyl sites for hydroxylation is 1. The molecule has 0 aliphatic carbocycles. The van der Waals surface area contributed by atoms with Crippen LogP contribution >= 0.6 is 0 Å². The average molecular weight is 214 g/mol. The Kier molecular flexibility index (Phi) is 2.59. The van der Waals surface area contributed by atoms with Crippen molar-refractivity contribution in [3.8, 4) is 0 Å². The summed E-state index contributed by atoms with van der Waals surface area (Å²) in [5.74, 6) is 0.310. The molecule has 2 N–H and O–H groups in total. The van der Waals surface area contributed by atoms with Crippen LogP contribution in [0.15, 0.2) is 30.7 Å². The molecule has 0 aromatic carbocycles. The van der Waals surface area contributed by atoms with E-state index < -0.39 is 0 Å². The molecule has 5 heteroatoms. The number of ketones is 1. The van der Waals surface area contributed by atoms with Gasteiger partial charge >= 0.3 is 0 Å². The number of anilines is 1. The molecule has 2 rings (SSSR count). The van der Waals surface area contributed by atoms with Gasteiger partial charge in [0.05, 0.1) is 5.56 Å². The topological polar surface area (TPSA) is 81.8 Å². The van der Waals surface area contributed by atoms with E-state index in [0.717, 1.165) is 0 Å². The van der Waals surface area contributed by atoms with Crippen LogP contribution in [-0.2, 0) is 0 Å². The Balaban J connectivity index is 2.44. The van der Waals surface area contributed by atoms with E-state index in [1.807, 2.05) is 0 Å². The Bertz CT molecular complexity index is 539. The number of carbonyl (C=O) groups is 1. The lowest BCUT2D eigenvalue weighted by molar-refractivity contribution is 0.103. The van der Waals surface area contributed by atoms with E-state index in [4.69, 9.17) is 5.73 Å². The minimum absolute atomic E-state index is 0.240. The number of hydrogen-bond acceptors (Lipinski definition) is 5. The molecule has 5 nitrogen and oxygen atoms in total. The summed E-state index contributed by atoms with van der Waals surface area (Å²) in [6.07, 6.45) is 4.52. The Hall–Kier alpha value is -2.30. The van der Waals surface area contributed by atoms with Gasteiger partial charge in [0.2, 0.25) is 5.78 Å². The predicted octanol–water partition coefficient (Wildman–Crippen LogP) is 0.993. The fraction of sp³-hybridized carbons (Fsp3) is 0.0909. The van der Waals surface area contributed by atoms with Gasteiger partial charge < -0.3 is 5.73 Å². The molecular weight excluding hydrogens is 204 g/mol. The third-order valence-corrected chi connectivity index (χ3v) is 2.11. The van der Waals surface area contributed by atoms with Crippen molar-refractivity contribution in [2.24, 2.45) is 0 Å². The van der Waals surface area contributed by atoms with Gasteiger partial charge in [0.1, 0.15) is 11.5 Å². The third-order valence-electron chi connectivity index (χ3n) is 2.11. The minimum atomic E-state index is -0.240. The van der Waals surface area contributed by atoms with Crippen LogP contribution in [0.4, 0.5) is 5.69 Å². The molecule has 0 amide bonds. The largest absolute Gasteiger partial charge is 0.398 e. The summed E-state index contributed by atoms with van der Waals surface area (Å²) in [5, 5.41) is 0. The molecule has 0 saturated carbocycles. The molecule has 0 atom stereocenters. The van der Waals surface area contributed by atoms with Gasteiger partial charge in [-0.3, -0.25) is 9.78 Å². The van der Waals surface area contributed by atoms with Crippen LogP contribution in [0.5, 0.6) is 0 Å². The second-order valence-electron chi connectivity index (χ2n) is 3.28. The van der Waals surface area contributed by atoms with E-state index in [9.17, 15) is 4.79 Å². The first-order valence-electron chi connectivity index (χ1n) is 4.72. The molecule has 0 bridgehead atoms. The molecular formula is C11H10N4O. The fourth-order valence-electron chi connectivity index (χ4n) is 1.32. The second-order valence-corrected chi connectivity index (χ2v) is 3.28. The molecule has 2 heterocycles. The maximum atomic E-state index is 12.0. The monoisotopic (exact) mass is 214 g/mol. The number of carbonyl (C=O) groups excluding carboxylic acids is 1. The summed E-state index contributed by atoms with van der Waals surface area (Å²) in [6, 6.07) is 3.14. The van der Waals surface area contributed by atoms with Gasteiger partial charge in [-0.05, 0) is 19.1 Å². The highest BCUT2D eigenvalue weighted by Crippen LogP contribution is 2.13. The lowest BCUT2D eigenvalue weighted by atomic mass is 10.1. The van der Waals surface area contributed by atoms with Crippen LogP contribution in [0, 0.1) is 6.92 Å². The zero-order valence-electron chi connectivity index (χ0n) is 8.71. The number of hydrogen-bond donors (Lipinski definition) is 1. The van der Waals surface area contributed by atoms with Crippen LogP contribution in [0.1, 0.15) is 21.9 Å². The van der Waals surface area contributed by atoms with Crippen molar-refractivity contribution in [1.82, 2.24) is 15.0 Å². The second kappa shape index (κ2) is 4.06. The highest BCUT2D eigenvalue weighted by molar-refractivity contribution is 6.10. The molecule has 2 aromatic rings. The Morgan fingerprint density at radius 2 is 2.12 bits per heavy atom. The fourth-order valence-corrected chi connectivity index (χ4v) is 1.32. The lowest BCUT2D eigenvalue weighted by Gasteiger charge is -2.03. The first-order valence-corrected chi connectivity index (χ1v) is 4.72. The SMILES string of the molecule is Cc1nccc(C(=O)c2cnccc2N)n1. The number of rotatable bonds is 2. The predicted molar refractivity (Wildman–Crippen MR) is 58.9 cm³/mol. The number of nitrogens with zero attached hydrogens (tertiary/aromatic N) is 3. The summed E-state index contributed by atoms with van der Waals surface area (Å²) in [6.45, 7) is 1.73. The Labute approximate surface area is 92.4 Å². The summed E-state index contributed by atoms with van der Waals surface area (Å²) >= 11 is 0. The van der Waals surface area contributed by atoms with Crippen LogP contribution in [0.2, 0.25) is 0 Å². The molecule has 0 aliphatic heterocycles. The average Bonchev–Trinajstić information content (AvgIpc) is 2.29. The van der Waals surface area contributed by atoms with E-state index in [1.165, 1.54) is 12.4 Å². The summed E-state index contributed by atoms with van der Waals surface area (Å²) < 4.78 is 0. The van der Waals surface area contributed by atoms with Crippen LogP contribution in [-0.4, -0.2) is 20.7 Å². The third kappa shape index (κ3) is 1.88. The maximum Gasteiger partial charge on any atom is 0.215 e. The first-order chi connectivity index (χ1) is 7.68. The normalized spacial score (nSPS) is 10.1. The lowest BCUT2D eigenvalue weighted by Crippen LogP contribution is -2.08. The summed E-state index contributed by atoms with van der Waals surface area (Å²) in [5.41, 5.74) is 6.78. The standard InChI is InChI=1S/C11H10N4O/c1-7-14-5-3-10(15-7)11(16)8-6-13-4-2-9(8)12/h2-6H,1H3,(H2,12,13). The highest BCUT2D eigenvalue weighted by Gasteiger charge is 2.13. The Morgan fingerprint density at radius 1 is 1.31 bits per heavy atom. The molecule has 2 aromatic heterocycles. The van der Waals surface area contributed by atoms with E-state index in [2.05, 4.69) is 15.0 Å². The zero-order valence-corrected chi connectivity index (χ0v) is 8.71. The minimum Gasteiger partial charge on any atom is -0.398 e.